The lowest BCUT2D eigenvalue weighted by Crippen LogP contribution is -2.61. The zero-order chi connectivity index (χ0) is 48.6. The van der Waals surface area contributed by atoms with Crippen molar-refractivity contribution in [1.82, 2.24) is 0 Å². The van der Waals surface area contributed by atoms with E-state index in [2.05, 4.69) is 238 Å². The number of rotatable bonds is 5. The number of hydrogen-bond donors (Lipinski definition) is 0. The van der Waals surface area contributed by atoms with Gasteiger partial charge in [-0.1, -0.05) is 165 Å². The molecule has 3 aliphatic rings. The molecule has 0 saturated carbocycles. The first-order valence-electron chi connectivity index (χ1n) is 25.2. The van der Waals surface area contributed by atoms with Crippen LogP contribution in [-0.2, 0) is 38.9 Å². The van der Waals surface area contributed by atoms with Gasteiger partial charge in [-0.05, 0) is 170 Å². The molecule has 0 fully saturated rings. The summed E-state index contributed by atoms with van der Waals surface area (Å²) in [4.78, 5) is 5.27. The molecule has 9 rings (SSSR count). The molecule has 348 valence electrons. The summed E-state index contributed by atoms with van der Waals surface area (Å²) < 4.78 is 7.50. The second-order valence-corrected chi connectivity index (χ2v) is 25.8. The van der Waals surface area contributed by atoms with Gasteiger partial charge in [0.15, 0.2) is 0 Å². The topological polar surface area (TPSA) is 19.6 Å². The molecule has 5 aromatic carbocycles. The molecule has 0 saturated heterocycles. The predicted octanol–water partition coefficient (Wildman–Crippen LogP) is 16.0. The van der Waals surface area contributed by atoms with E-state index < -0.39 is 0 Å². The number of hydrogen-bond acceptors (Lipinski definition) is 3. The number of anilines is 6. The van der Waals surface area contributed by atoms with Gasteiger partial charge in [0.1, 0.15) is 5.58 Å². The number of furan rings is 1. The summed E-state index contributed by atoms with van der Waals surface area (Å²) in [5, 5.41) is 1.17. The standard InChI is InChI=1S/C63H77BN2O/c1-19-20-21-22-23-40-32-41(58(3,4)5)24-26-50(40)66-51-38-48-47(62(15,16)28-29-63(48,17)18)37-49(51)64-55-52(30-39(2)31-53(55)66)65(45-34-43(60(9,10)11)33-44(35-45)61(12,13)14)56-46-36-42(59(6,7)8)25-27-54(46)67-57(56)64/h19-22,24-27,30-38H,23,28-29H2,1-18H3/b20-19-,22-21-. The Hall–Kier alpha value is -5.22. The van der Waals surface area contributed by atoms with Crippen LogP contribution in [0.2, 0.25) is 0 Å². The molecule has 2 aliphatic heterocycles. The van der Waals surface area contributed by atoms with Crippen LogP contribution in [0.25, 0.3) is 11.0 Å². The molecule has 3 nitrogen and oxygen atoms in total. The first-order valence-corrected chi connectivity index (χ1v) is 25.2. The minimum absolute atomic E-state index is 0.000938. The maximum atomic E-state index is 7.50. The molecule has 0 atom stereocenters. The Kier molecular flexibility index (Phi) is 11.0. The largest absolute Gasteiger partial charge is 0.468 e. The molecule has 0 spiro atoms. The van der Waals surface area contributed by atoms with Crippen LogP contribution in [0.3, 0.4) is 0 Å². The Morgan fingerprint density at radius 2 is 1.13 bits per heavy atom. The van der Waals surface area contributed by atoms with E-state index in [1.165, 1.54) is 94.9 Å². The third-order valence-corrected chi connectivity index (χ3v) is 15.5. The molecule has 1 aromatic heterocycles. The van der Waals surface area contributed by atoms with Gasteiger partial charge < -0.3 is 14.2 Å². The SMILES string of the molecule is C/C=C\C=C/Cc1cc(C(C)(C)C)ccc1N1c2cc3c(cc2B2c4oc5ccc(C(C)(C)C)cc5c4N(c4cc(C(C)(C)C)cc(C(C)(C)C)c4)c4cc(C)cc1c42)C(C)(C)CCC3(C)C. The van der Waals surface area contributed by atoms with Gasteiger partial charge in [-0.2, -0.15) is 0 Å². The fraction of sp³-hybridized carbons (Fsp3) is 0.429. The highest BCUT2D eigenvalue weighted by atomic mass is 16.3. The first-order chi connectivity index (χ1) is 31.1. The number of allylic oxidation sites excluding steroid dienone is 4. The fourth-order valence-electron chi connectivity index (χ4n) is 11.1. The van der Waals surface area contributed by atoms with Gasteiger partial charge in [-0.15, -0.1) is 0 Å². The lowest BCUT2D eigenvalue weighted by Gasteiger charge is -2.47. The minimum Gasteiger partial charge on any atom is -0.468 e. The molecule has 0 radical (unpaired) electrons. The van der Waals surface area contributed by atoms with Crippen LogP contribution in [0.1, 0.15) is 175 Å². The van der Waals surface area contributed by atoms with Crippen LogP contribution >= 0.6 is 0 Å². The summed E-state index contributed by atoms with van der Waals surface area (Å²) in [5.41, 5.74) is 22.6. The number of benzene rings is 5. The summed E-state index contributed by atoms with van der Waals surface area (Å²) in [6, 6.07) is 31.8. The summed E-state index contributed by atoms with van der Waals surface area (Å²) in [7, 11) is 0. The van der Waals surface area contributed by atoms with Crippen LogP contribution in [0.15, 0.2) is 108 Å². The third-order valence-electron chi connectivity index (χ3n) is 15.5. The van der Waals surface area contributed by atoms with Crippen molar-refractivity contribution in [2.75, 3.05) is 9.80 Å². The van der Waals surface area contributed by atoms with Gasteiger partial charge in [0.05, 0.1) is 11.3 Å². The molecule has 0 bridgehead atoms. The highest BCUT2D eigenvalue weighted by Crippen LogP contribution is 2.52. The Labute approximate surface area is 404 Å². The fourth-order valence-corrected chi connectivity index (χ4v) is 11.1. The molecule has 3 heterocycles. The molecule has 1 aliphatic carbocycles. The predicted molar refractivity (Wildman–Crippen MR) is 293 cm³/mol. The van der Waals surface area contributed by atoms with Gasteiger partial charge in [-0.25, -0.2) is 0 Å². The normalized spacial score (nSPS) is 16.8. The van der Waals surface area contributed by atoms with Gasteiger partial charge in [0.25, 0.3) is 6.71 Å². The van der Waals surface area contributed by atoms with E-state index in [0.717, 1.165) is 30.5 Å². The Morgan fingerprint density at radius 3 is 1.72 bits per heavy atom. The number of fused-ring (bicyclic) bond motifs is 7. The van der Waals surface area contributed by atoms with Gasteiger partial charge in [0, 0.05) is 33.8 Å². The van der Waals surface area contributed by atoms with Crippen molar-refractivity contribution in [1.29, 1.82) is 0 Å². The molecule has 0 unspecified atom stereocenters. The van der Waals surface area contributed by atoms with Gasteiger partial charge in [0.2, 0.25) is 0 Å². The van der Waals surface area contributed by atoms with Crippen molar-refractivity contribution in [3.63, 3.8) is 0 Å². The van der Waals surface area contributed by atoms with E-state index in [0.29, 0.717) is 0 Å². The monoisotopic (exact) mass is 889 g/mol. The van der Waals surface area contributed by atoms with Crippen molar-refractivity contribution in [3.8, 4) is 0 Å². The van der Waals surface area contributed by atoms with Crippen LogP contribution in [0.4, 0.5) is 34.1 Å². The van der Waals surface area contributed by atoms with Crippen LogP contribution in [-0.4, -0.2) is 6.71 Å². The van der Waals surface area contributed by atoms with E-state index >= 15 is 0 Å². The van der Waals surface area contributed by atoms with Gasteiger partial charge >= 0.3 is 0 Å². The zero-order valence-corrected chi connectivity index (χ0v) is 44.3. The van der Waals surface area contributed by atoms with E-state index in [1.807, 2.05) is 0 Å². The first kappa shape index (κ1) is 46.9. The molecule has 6 aromatic rings. The summed E-state index contributed by atoms with van der Waals surface area (Å²) in [5.74, 6) is 0. The molecular weight excluding hydrogens is 812 g/mol. The van der Waals surface area contributed by atoms with E-state index in [9.17, 15) is 0 Å². The summed E-state index contributed by atoms with van der Waals surface area (Å²) in [6.45, 7) is 42.2. The quantitative estimate of drug-likeness (QED) is 0.127. The highest BCUT2D eigenvalue weighted by molar-refractivity contribution is 7.00. The molecule has 4 heteroatoms. The highest BCUT2D eigenvalue weighted by Gasteiger charge is 2.49. The van der Waals surface area contributed by atoms with Crippen molar-refractivity contribution in [2.24, 2.45) is 0 Å². The van der Waals surface area contributed by atoms with E-state index in [4.69, 9.17) is 4.42 Å². The molecule has 67 heavy (non-hydrogen) atoms. The Balaban J connectivity index is 1.45. The summed E-state index contributed by atoms with van der Waals surface area (Å²) >= 11 is 0. The number of aryl methyl sites for hydroxylation is 1. The maximum absolute atomic E-state index is 7.50. The summed E-state index contributed by atoms with van der Waals surface area (Å²) in [6.07, 6.45) is 11.9. The third kappa shape index (κ3) is 8.03. The molecule has 0 N–H and O–H groups in total. The molecule has 0 amide bonds. The average Bonchev–Trinajstić information content (AvgIpc) is 3.60. The lowest BCUT2D eigenvalue weighted by molar-refractivity contribution is 0.332. The second kappa shape index (κ2) is 15.7. The van der Waals surface area contributed by atoms with Crippen molar-refractivity contribution < 1.29 is 4.42 Å². The average molecular weight is 889 g/mol. The van der Waals surface area contributed by atoms with Gasteiger partial charge in [-0.3, -0.25) is 0 Å². The maximum Gasteiger partial charge on any atom is 0.297 e. The zero-order valence-electron chi connectivity index (χ0n) is 44.3. The van der Waals surface area contributed by atoms with Crippen LogP contribution < -0.4 is 26.4 Å². The minimum atomic E-state index is -0.125. The number of nitrogens with zero attached hydrogens (tertiary/aromatic N) is 2. The Bertz CT molecular complexity index is 2980. The molecular formula is C63H77BN2O. The van der Waals surface area contributed by atoms with Crippen LogP contribution in [0.5, 0.6) is 0 Å². The van der Waals surface area contributed by atoms with Crippen molar-refractivity contribution in [3.05, 3.63) is 148 Å². The Morgan fingerprint density at radius 1 is 0.582 bits per heavy atom. The lowest BCUT2D eigenvalue weighted by atomic mass is 9.35. The van der Waals surface area contributed by atoms with Crippen molar-refractivity contribution >= 4 is 68.4 Å². The van der Waals surface area contributed by atoms with Crippen LogP contribution in [0, 0.1) is 6.92 Å². The van der Waals surface area contributed by atoms with E-state index in [-0.39, 0.29) is 39.2 Å². The second-order valence-electron chi connectivity index (χ2n) is 25.8. The smallest absolute Gasteiger partial charge is 0.297 e. The van der Waals surface area contributed by atoms with Crippen molar-refractivity contribution in [2.45, 2.75) is 176 Å². The van der Waals surface area contributed by atoms with E-state index in [1.54, 1.807) is 0 Å².